The number of nitrogens with one attached hydrogen (secondary N) is 3. The number of aromatic nitrogens is 2. The molecule has 0 amide bonds. The average molecular weight is 601 g/mol. The Morgan fingerprint density at radius 1 is 1.07 bits per heavy atom. The zero-order valence-corrected chi connectivity index (χ0v) is 23.6. The number of ether oxygens (including phenoxy) is 3. The van der Waals surface area contributed by atoms with Gasteiger partial charge in [0.1, 0.15) is 24.3 Å². The molecule has 1 aliphatic rings. The molecule has 0 saturated carbocycles. The van der Waals surface area contributed by atoms with E-state index in [0.29, 0.717) is 4.57 Å². The van der Waals surface area contributed by atoms with Crippen molar-refractivity contribution in [3.8, 4) is 0 Å². The first-order valence-corrected chi connectivity index (χ1v) is 13.9. The summed E-state index contributed by atoms with van der Waals surface area (Å²) in [5.74, 6) is -1.77. The number of carbonyl (C=O) groups is 2. The Morgan fingerprint density at radius 2 is 1.57 bits per heavy atom. The third-order valence-corrected chi connectivity index (χ3v) is 7.51. The van der Waals surface area contributed by atoms with Gasteiger partial charge >= 0.3 is 25.3 Å². The molecule has 0 aromatic carbocycles. The van der Waals surface area contributed by atoms with Gasteiger partial charge in [-0.05, 0) is 41.5 Å². The van der Waals surface area contributed by atoms with Crippen LogP contribution in [0.15, 0.2) is 21.9 Å². The number of hydrogen-bond donors (Lipinski definition) is 5. The lowest BCUT2D eigenvalue weighted by molar-refractivity contribution is -0.192. The van der Waals surface area contributed by atoms with Crippen molar-refractivity contribution in [1.29, 1.82) is 0 Å². The molecule has 0 unspecified atom stereocenters. The number of nitrogens with zero attached hydrogens (tertiary/aromatic N) is 1. The van der Waals surface area contributed by atoms with Gasteiger partial charge in [-0.3, -0.25) is 28.5 Å². The van der Waals surface area contributed by atoms with E-state index < -0.39 is 92.2 Å². The van der Waals surface area contributed by atoms with Gasteiger partial charge in [-0.1, -0.05) is 0 Å². The Kier molecular flexibility index (Phi) is 11.3. The number of rotatable bonds is 13. The normalized spacial score (nSPS) is 24.9. The molecular formula is C22H35F2N4O11P. The zero-order valence-electron chi connectivity index (χ0n) is 22.7. The van der Waals surface area contributed by atoms with Crippen LogP contribution >= 0.6 is 7.67 Å². The summed E-state index contributed by atoms with van der Waals surface area (Å²) in [4.78, 5) is 50.0. The highest BCUT2D eigenvalue weighted by molar-refractivity contribution is 7.54. The predicted molar refractivity (Wildman–Crippen MR) is 133 cm³/mol. The van der Waals surface area contributed by atoms with Gasteiger partial charge in [-0.15, -0.1) is 0 Å². The fourth-order valence-electron chi connectivity index (χ4n) is 3.61. The van der Waals surface area contributed by atoms with Crippen molar-refractivity contribution >= 4 is 19.6 Å². The summed E-state index contributed by atoms with van der Waals surface area (Å²) in [7, 11) is -4.64. The second-order valence-corrected chi connectivity index (χ2v) is 11.6. The van der Waals surface area contributed by atoms with E-state index >= 15 is 0 Å². The van der Waals surface area contributed by atoms with Crippen molar-refractivity contribution in [2.24, 2.45) is 0 Å². The predicted octanol–water partition coefficient (Wildman–Crippen LogP) is -0.225. The standard InChI is InChI=1S/C22H35F2N4O11P/c1-10(2)37-18(32)12(5)26-40(35,27-13(6)19(33)38-11(3)4)36-9-22(20(23)24)16(31)15(30)17(39-22)28-8-7-14(29)25-21(28)34/h7-8,10-13,15-17,20,30-31H,9H2,1-6H3,(H,25,29,34)(H2,26,27,35)/t12-,13-,15+,16+,17+,22+/m0/s1. The number of carbonyl (C=O) groups excluding carboxylic acids is 2. The number of aliphatic hydroxyl groups excluding tert-OH is 2. The highest BCUT2D eigenvalue weighted by Crippen LogP contribution is 2.46. The lowest BCUT2D eigenvalue weighted by atomic mass is 9.96. The maximum Gasteiger partial charge on any atom is 0.342 e. The lowest BCUT2D eigenvalue weighted by Gasteiger charge is -2.33. The lowest BCUT2D eigenvalue weighted by Crippen LogP contribution is -2.53. The minimum atomic E-state index is -4.64. The van der Waals surface area contributed by atoms with Gasteiger partial charge < -0.3 is 28.9 Å². The summed E-state index contributed by atoms with van der Waals surface area (Å²) in [6, 6.07) is -1.83. The Labute approximate surface area is 227 Å². The molecule has 2 heterocycles. The fourth-order valence-corrected chi connectivity index (χ4v) is 5.45. The molecule has 0 aliphatic carbocycles. The second kappa shape index (κ2) is 13.4. The first-order valence-electron chi connectivity index (χ1n) is 12.3. The van der Waals surface area contributed by atoms with Crippen molar-refractivity contribution in [3.63, 3.8) is 0 Å². The van der Waals surface area contributed by atoms with Gasteiger partial charge in [0, 0.05) is 12.3 Å². The van der Waals surface area contributed by atoms with Gasteiger partial charge in [-0.2, -0.15) is 0 Å². The molecular weight excluding hydrogens is 565 g/mol. The smallest absolute Gasteiger partial charge is 0.342 e. The SMILES string of the molecule is CC(C)OC(=O)[C@H](C)NP(=O)(N[C@@H](C)C(=O)OC(C)C)OC[C@@]1(C(F)F)O[C@@H](n2ccc(=O)[nH]c2=O)[C@H](O)[C@H]1O. The van der Waals surface area contributed by atoms with Crippen LogP contribution in [0.4, 0.5) is 8.78 Å². The van der Waals surface area contributed by atoms with Crippen LogP contribution < -0.4 is 21.4 Å². The number of aromatic amines is 1. The maximum atomic E-state index is 14.4. The van der Waals surface area contributed by atoms with Gasteiger partial charge in [0.25, 0.3) is 12.0 Å². The molecule has 2 rings (SSSR count). The summed E-state index contributed by atoms with van der Waals surface area (Å²) in [5.41, 5.74) is -4.99. The number of esters is 2. The van der Waals surface area contributed by atoms with E-state index in [0.717, 1.165) is 12.3 Å². The molecule has 0 bridgehead atoms. The number of alkyl halides is 2. The van der Waals surface area contributed by atoms with Gasteiger partial charge in [-0.25, -0.2) is 23.7 Å². The summed E-state index contributed by atoms with van der Waals surface area (Å²) in [6.07, 6.45) is -10.2. The molecule has 5 N–H and O–H groups in total. The van der Waals surface area contributed by atoms with Crippen molar-refractivity contribution in [1.82, 2.24) is 19.7 Å². The van der Waals surface area contributed by atoms with E-state index in [1.54, 1.807) is 27.7 Å². The number of halogens is 2. The molecule has 1 fully saturated rings. The van der Waals surface area contributed by atoms with Crippen LogP contribution in [-0.4, -0.2) is 86.8 Å². The molecule has 6 atom stereocenters. The first kappa shape index (κ1) is 33.7. The maximum absolute atomic E-state index is 14.4. The van der Waals surface area contributed by atoms with Crippen LogP contribution in [0.25, 0.3) is 0 Å². The summed E-state index contributed by atoms with van der Waals surface area (Å²) >= 11 is 0. The fraction of sp³-hybridized carbons (Fsp3) is 0.727. The van der Waals surface area contributed by atoms with Gasteiger partial charge in [0.2, 0.25) is 0 Å². The van der Waals surface area contributed by atoms with Crippen molar-refractivity contribution in [2.75, 3.05) is 6.61 Å². The molecule has 15 nitrogen and oxygen atoms in total. The monoisotopic (exact) mass is 600 g/mol. The molecule has 18 heteroatoms. The van der Waals surface area contributed by atoms with Crippen molar-refractivity contribution in [3.05, 3.63) is 33.1 Å². The number of hydrogen-bond acceptors (Lipinski definition) is 11. The largest absolute Gasteiger partial charge is 0.462 e. The molecule has 0 radical (unpaired) electrons. The number of aliphatic hydroxyl groups is 2. The van der Waals surface area contributed by atoms with Crippen molar-refractivity contribution < 1.29 is 51.9 Å². The van der Waals surface area contributed by atoms with E-state index in [9.17, 15) is 42.7 Å². The quantitative estimate of drug-likeness (QED) is 0.147. The van der Waals surface area contributed by atoms with Crippen LogP contribution in [0.2, 0.25) is 0 Å². The van der Waals surface area contributed by atoms with E-state index in [4.69, 9.17) is 18.7 Å². The molecule has 1 aliphatic heterocycles. The van der Waals surface area contributed by atoms with Crippen LogP contribution in [0, 0.1) is 0 Å². The minimum absolute atomic E-state index is 0.552. The minimum Gasteiger partial charge on any atom is -0.462 e. The number of H-pyrrole nitrogens is 1. The first-order chi connectivity index (χ1) is 18.4. The van der Waals surface area contributed by atoms with E-state index in [1.807, 2.05) is 4.98 Å². The summed E-state index contributed by atoms with van der Waals surface area (Å²) in [5, 5.41) is 25.7. The Hall–Kier alpha value is -2.53. The molecule has 1 aromatic rings. The van der Waals surface area contributed by atoms with Crippen LogP contribution in [-0.2, 0) is 32.9 Å². The molecule has 1 saturated heterocycles. The Balaban J connectivity index is 2.39. The molecule has 0 spiro atoms. The Bertz CT molecular complexity index is 1180. The van der Waals surface area contributed by atoms with E-state index in [1.165, 1.54) is 13.8 Å². The highest BCUT2D eigenvalue weighted by atomic mass is 31.2. The summed E-state index contributed by atoms with van der Waals surface area (Å²) < 4.78 is 63.8. The Morgan fingerprint density at radius 3 is 2.00 bits per heavy atom. The van der Waals surface area contributed by atoms with Gasteiger partial charge in [0.15, 0.2) is 11.8 Å². The van der Waals surface area contributed by atoms with Crippen LogP contribution in [0.3, 0.4) is 0 Å². The van der Waals surface area contributed by atoms with E-state index in [-0.39, 0.29) is 0 Å². The topological polar surface area (TPSA) is 208 Å². The highest BCUT2D eigenvalue weighted by Gasteiger charge is 2.61. The zero-order chi connectivity index (χ0) is 30.6. The summed E-state index contributed by atoms with van der Waals surface area (Å²) in [6.45, 7) is 7.35. The second-order valence-electron chi connectivity index (χ2n) is 9.71. The third-order valence-electron chi connectivity index (χ3n) is 5.56. The van der Waals surface area contributed by atoms with Crippen LogP contribution in [0.1, 0.15) is 47.8 Å². The van der Waals surface area contributed by atoms with Crippen LogP contribution in [0.5, 0.6) is 0 Å². The average Bonchev–Trinajstić information content (AvgIpc) is 3.08. The van der Waals surface area contributed by atoms with Gasteiger partial charge in [0.05, 0.1) is 18.8 Å². The molecule has 40 heavy (non-hydrogen) atoms. The molecule has 228 valence electrons. The third kappa shape index (κ3) is 8.02. The van der Waals surface area contributed by atoms with Crippen molar-refractivity contribution in [2.45, 2.75) is 96.3 Å². The van der Waals surface area contributed by atoms with E-state index in [2.05, 4.69) is 10.2 Å². The molecule has 1 aromatic heterocycles.